The Morgan fingerprint density at radius 1 is 1.13 bits per heavy atom. The van der Waals surface area contributed by atoms with Gasteiger partial charge in [0.1, 0.15) is 35.1 Å². The standard InChI is InChI=1S/C37H51N5O9S/c1-9-23-20-37(23,33(45)41-52(47,48)26-12-11-13-26)40-30(43)28-19-25(50-31-27-15-14-24(49-8)18-22(27)16-17-38-31)21-42(28)32(44)29(35(3,4)5)39-34(46)51-36(6,7)10-2/h9,14-18,23,25-26,28-29H,1,10-13,19-21H2,2-8H3,(H,39,46)(H,40,43)(H,41,45). The number of likely N-dealkylation sites (tertiary alicyclic amines) is 1. The van der Waals surface area contributed by atoms with E-state index in [0.717, 1.165) is 11.8 Å². The minimum atomic E-state index is -3.93. The smallest absolute Gasteiger partial charge is 0.408 e. The second-order valence-electron chi connectivity index (χ2n) is 15.7. The van der Waals surface area contributed by atoms with E-state index >= 15 is 0 Å². The minimum absolute atomic E-state index is 0.0206. The Kier molecular flexibility index (Phi) is 10.9. The van der Waals surface area contributed by atoms with Gasteiger partial charge in [-0.05, 0) is 74.6 Å². The molecule has 2 aromatic rings. The zero-order valence-corrected chi connectivity index (χ0v) is 31.8. The van der Waals surface area contributed by atoms with Gasteiger partial charge in [0.25, 0.3) is 5.91 Å². The molecule has 5 atom stereocenters. The molecule has 2 aliphatic carbocycles. The van der Waals surface area contributed by atoms with E-state index in [-0.39, 0.29) is 19.4 Å². The highest BCUT2D eigenvalue weighted by atomic mass is 32.2. The molecule has 1 aromatic heterocycles. The quantitative estimate of drug-likeness (QED) is 0.254. The van der Waals surface area contributed by atoms with Crippen LogP contribution >= 0.6 is 0 Å². The number of rotatable bonds is 13. The number of hydrogen-bond acceptors (Lipinski definition) is 10. The highest BCUT2D eigenvalue weighted by Gasteiger charge is 2.62. The van der Waals surface area contributed by atoms with Gasteiger partial charge in [-0.15, -0.1) is 6.58 Å². The summed E-state index contributed by atoms with van der Waals surface area (Å²) in [7, 11) is -2.36. The zero-order valence-electron chi connectivity index (χ0n) is 31.0. The van der Waals surface area contributed by atoms with Crippen molar-refractivity contribution in [2.45, 2.75) is 115 Å². The van der Waals surface area contributed by atoms with Gasteiger partial charge in [0.15, 0.2) is 0 Å². The monoisotopic (exact) mass is 741 g/mol. The highest BCUT2D eigenvalue weighted by Crippen LogP contribution is 2.45. The Balaban J connectivity index is 1.44. The summed E-state index contributed by atoms with van der Waals surface area (Å²) in [5, 5.41) is 6.37. The van der Waals surface area contributed by atoms with Crippen LogP contribution in [0.2, 0.25) is 0 Å². The number of sulfonamides is 1. The number of alkyl carbamates (subject to hydrolysis) is 1. The fourth-order valence-corrected chi connectivity index (χ4v) is 8.05. The van der Waals surface area contributed by atoms with Crippen molar-refractivity contribution in [2.24, 2.45) is 11.3 Å². The maximum atomic E-state index is 14.5. The van der Waals surface area contributed by atoms with Gasteiger partial charge in [0, 0.05) is 23.9 Å². The van der Waals surface area contributed by atoms with Crippen LogP contribution in [0, 0.1) is 11.3 Å². The summed E-state index contributed by atoms with van der Waals surface area (Å²) in [5.74, 6) is -1.64. The third kappa shape index (κ3) is 8.13. The molecule has 1 aromatic carbocycles. The summed E-state index contributed by atoms with van der Waals surface area (Å²) >= 11 is 0. The average Bonchev–Trinajstić information content (AvgIpc) is 3.60. The first-order chi connectivity index (χ1) is 24.3. The largest absolute Gasteiger partial charge is 0.497 e. The molecule has 52 heavy (non-hydrogen) atoms. The summed E-state index contributed by atoms with van der Waals surface area (Å²) in [5.41, 5.74) is -3.16. The fraction of sp³-hybridized carbons (Fsp3) is 0.595. The van der Waals surface area contributed by atoms with Crippen LogP contribution in [0.4, 0.5) is 4.79 Å². The molecule has 3 N–H and O–H groups in total. The molecule has 3 fully saturated rings. The average molecular weight is 742 g/mol. The van der Waals surface area contributed by atoms with Crippen molar-refractivity contribution in [3.8, 4) is 11.6 Å². The van der Waals surface area contributed by atoms with Crippen molar-refractivity contribution in [1.82, 2.24) is 25.2 Å². The van der Waals surface area contributed by atoms with Gasteiger partial charge < -0.3 is 29.7 Å². The van der Waals surface area contributed by atoms with Gasteiger partial charge in [-0.3, -0.25) is 19.1 Å². The van der Waals surface area contributed by atoms with Crippen molar-refractivity contribution in [2.75, 3.05) is 13.7 Å². The molecule has 14 nitrogen and oxygen atoms in total. The van der Waals surface area contributed by atoms with Crippen molar-refractivity contribution in [3.63, 3.8) is 0 Å². The van der Waals surface area contributed by atoms with Crippen molar-refractivity contribution in [1.29, 1.82) is 0 Å². The van der Waals surface area contributed by atoms with Crippen LogP contribution in [-0.4, -0.2) is 90.3 Å². The molecule has 2 saturated carbocycles. The summed E-state index contributed by atoms with van der Waals surface area (Å²) in [4.78, 5) is 61.2. The van der Waals surface area contributed by atoms with Gasteiger partial charge in [-0.25, -0.2) is 18.2 Å². The minimum Gasteiger partial charge on any atom is -0.497 e. The third-order valence-electron chi connectivity index (χ3n) is 10.4. The number of ether oxygens (including phenoxy) is 3. The van der Waals surface area contributed by atoms with Crippen LogP contribution in [0.1, 0.15) is 80.1 Å². The predicted octanol–water partition coefficient (Wildman–Crippen LogP) is 3.98. The van der Waals surface area contributed by atoms with Crippen LogP contribution < -0.4 is 24.8 Å². The van der Waals surface area contributed by atoms with Crippen LogP contribution in [0.3, 0.4) is 0 Å². The second-order valence-corrected chi connectivity index (χ2v) is 17.6. The van der Waals surface area contributed by atoms with E-state index in [1.54, 1.807) is 54.0 Å². The number of carbonyl (C=O) groups excluding carboxylic acids is 4. The lowest BCUT2D eigenvalue weighted by Gasteiger charge is -2.36. The molecule has 5 unspecified atom stereocenters. The second kappa shape index (κ2) is 14.6. The lowest BCUT2D eigenvalue weighted by atomic mass is 9.85. The van der Waals surface area contributed by atoms with Crippen molar-refractivity contribution < 1.29 is 41.8 Å². The Labute approximate surface area is 305 Å². The number of carbonyl (C=O) groups is 4. The number of hydrogen-bond donors (Lipinski definition) is 3. The highest BCUT2D eigenvalue weighted by molar-refractivity contribution is 7.90. The number of pyridine rings is 1. The van der Waals surface area contributed by atoms with E-state index in [2.05, 4.69) is 26.9 Å². The van der Waals surface area contributed by atoms with Gasteiger partial charge in [-0.2, -0.15) is 0 Å². The molecule has 5 rings (SSSR count). The van der Waals surface area contributed by atoms with Gasteiger partial charge >= 0.3 is 6.09 Å². The molecule has 0 bridgehead atoms. The fourth-order valence-electron chi connectivity index (χ4n) is 6.49. The SMILES string of the molecule is C=CC1CC1(NC(=O)C1CC(Oc2nccc3cc(OC)ccc23)CN1C(=O)C(NC(=O)OC(C)(C)CC)C(C)(C)C)C(=O)NS(=O)(=O)C1CCC1. The van der Waals surface area contributed by atoms with Crippen LogP contribution in [0.5, 0.6) is 11.6 Å². The maximum Gasteiger partial charge on any atom is 0.408 e. The Morgan fingerprint density at radius 3 is 2.42 bits per heavy atom. The van der Waals surface area contributed by atoms with E-state index in [9.17, 15) is 27.6 Å². The van der Waals surface area contributed by atoms with Gasteiger partial charge in [-0.1, -0.05) is 40.2 Å². The first-order valence-electron chi connectivity index (χ1n) is 17.7. The molecule has 2 heterocycles. The first kappa shape index (κ1) is 38.8. The molecule has 4 amide bonds. The van der Waals surface area contributed by atoms with Gasteiger partial charge in [0.2, 0.25) is 27.7 Å². The summed E-state index contributed by atoms with van der Waals surface area (Å²) in [6.45, 7) is 14.5. The lowest BCUT2D eigenvalue weighted by molar-refractivity contribution is -0.143. The maximum absolute atomic E-state index is 14.5. The number of aromatic nitrogens is 1. The molecule has 1 aliphatic heterocycles. The zero-order chi connectivity index (χ0) is 38.2. The van der Waals surface area contributed by atoms with Gasteiger partial charge in [0.05, 0.1) is 18.9 Å². The number of amides is 4. The molecule has 0 spiro atoms. The molecular weight excluding hydrogens is 691 g/mol. The molecular formula is C37H51N5O9S. The molecule has 15 heteroatoms. The van der Waals surface area contributed by atoms with E-state index in [4.69, 9.17) is 14.2 Å². The Morgan fingerprint density at radius 2 is 1.85 bits per heavy atom. The first-order valence-corrected chi connectivity index (χ1v) is 19.3. The van der Waals surface area contributed by atoms with E-state index < -0.39 is 79.7 Å². The lowest BCUT2D eigenvalue weighted by Crippen LogP contribution is -2.60. The predicted molar refractivity (Wildman–Crippen MR) is 194 cm³/mol. The van der Waals surface area contributed by atoms with E-state index in [1.165, 1.54) is 11.0 Å². The normalized spacial score (nSPS) is 23.9. The molecule has 284 valence electrons. The number of fused-ring (bicyclic) bond motifs is 1. The topological polar surface area (TPSA) is 182 Å². The van der Waals surface area contributed by atoms with E-state index in [1.807, 2.05) is 25.1 Å². The van der Waals surface area contributed by atoms with Crippen molar-refractivity contribution in [3.05, 3.63) is 43.1 Å². The third-order valence-corrected chi connectivity index (χ3v) is 12.3. The van der Waals surface area contributed by atoms with Crippen LogP contribution in [-0.2, 0) is 29.1 Å². The van der Waals surface area contributed by atoms with E-state index in [0.29, 0.717) is 36.3 Å². The Bertz CT molecular complexity index is 1840. The summed E-state index contributed by atoms with van der Waals surface area (Å²) in [6, 6.07) is 4.97. The van der Waals surface area contributed by atoms with Crippen molar-refractivity contribution >= 4 is 44.6 Å². The summed E-state index contributed by atoms with van der Waals surface area (Å²) in [6.07, 6.45) is 3.97. The van der Waals surface area contributed by atoms with Crippen LogP contribution in [0.15, 0.2) is 43.1 Å². The summed E-state index contributed by atoms with van der Waals surface area (Å²) < 4.78 is 45.3. The van der Waals surface area contributed by atoms with Crippen LogP contribution in [0.25, 0.3) is 10.8 Å². The number of methoxy groups -OCH3 is 1. The number of nitrogens with one attached hydrogen (secondary N) is 3. The molecule has 3 aliphatic rings. The number of nitrogens with zero attached hydrogens (tertiary/aromatic N) is 2. The Hall–Kier alpha value is -4.40. The number of benzene rings is 1. The molecule has 0 radical (unpaired) electrons. The molecule has 1 saturated heterocycles.